The Morgan fingerprint density at radius 2 is 1.88 bits per heavy atom. The van der Waals surface area contributed by atoms with Crippen LogP contribution in [0.5, 0.6) is 11.5 Å². The van der Waals surface area contributed by atoms with Crippen LogP contribution in [-0.4, -0.2) is 30.8 Å². The number of hydrogen-bond donors (Lipinski definition) is 1. The van der Waals surface area contributed by atoms with Crippen molar-refractivity contribution in [2.24, 2.45) is 10.1 Å². The number of rotatable bonds is 9. The van der Waals surface area contributed by atoms with Crippen LogP contribution in [0.4, 0.5) is 5.69 Å². The zero-order chi connectivity index (χ0) is 23.8. The Bertz CT molecular complexity index is 1260. The van der Waals surface area contributed by atoms with Crippen molar-refractivity contribution < 1.29 is 9.47 Å². The van der Waals surface area contributed by atoms with E-state index in [1.807, 2.05) is 60.7 Å². The fourth-order valence-corrected chi connectivity index (χ4v) is 4.13. The van der Waals surface area contributed by atoms with E-state index < -0.39 is 0 Å². The van der Waals surface area contributed by atoms with Gasteiger partial charge in [0.25, 0.3) is 0 Å². The van der Waals surface area contributed by atoms with Crippen LogP contribution in [0.2, 0.25) is 0 Å². The van der Waals surface area contributed by atoms with E-state index in [9.17, 15) is 0 Å². The highest BCUT2D eigenvalue weighted by molar-refractivity contribution is 7.20. The van der Waals surface area contributed by atoms with Gasteiger partial charge in [-0.05, 0) is 61.4 Å². The van der Waals surface area contributed by atoms with Crippen LogP contribution in [0.25, 0.3) is 10.2 Å². The molecule has 1 N–H and O–H groups in total. The summed E-state index contributed by atoms with van der Waals surface area (Å²) in [7, 11) is 1.64. The van der Waals surface area contributed by atoms with Gasteiger partial charge in [-0.15, -0.1) is 11.3 Å². The molecule has 3 aromatic carbocycles. The number of methoxy groups -OCH3 is 1. The first-order valence-electron chi connectivity index (χ1n) is 11.3. The molecule has 0 aliphatic carbocycles. The number of hydrogen-bond acceptors (Lipinski definition) is 6. The van der Waals surface area contributed by atoms with Crippen LogP contribution >= 0.6 is 11.3 Å². The lowest BCUT2D eigenvalue weighted by molar-refractivity contribution is 0.288. The number of unbranched alkanes of at least 4 members (excludes halogenated alkanes) is 1. The van der Waals surface area contributed by atoms with Crippen molar-refractivity contribution in [3.8, 4) is 11.5 Å². The number of nitrogens with zero attached hydrogens (tertiary/aromatic N) is 3. The Morgan fingerprint density at radius 1 is 1.06 bits per heavy atom. The largest absolute Gasteiger partial charge is 0.493 e. The van der Waals surface area contributed by atoms with Crippen LogP contribution in [0.15, 0.2) is 76.8 Å². The molecule has 0 spiro atoms. The molecule has 0 bridgehead atoms. The van der Waals surface area contributed by atoms with E-state index in [1.165, 1.54) is 5.56 Å². The van der Waals surface area contributed by atoms with Gasteiger partial charge in [0.05, 0.1) is 35.8 Å². The minimum Gasteiger partial charge on any atom is -0.493 e. The van der Waals surface area contributed by atoms with Crippen molar-refractivity contribution in [3.05, 3.63) is 82.9 Å². The van der Waals surface area contributed by atoms with E-state index >= 15 is 0 Å². The monoisotopic (exact) mass is 472 g/mol. The Morgan fingerprint density at radius 3 is 2.65 bits per heavy atom. The first-order chi connectivity index (χ1) is 16.7. The molecule has 0 aliphatic heterocycles. The molecule has 0 unspecified atom stereocenters. The lowest BCUT2D eigenvalue weighted by Gasteiger charge is -2.10. The Hall–Kier alpha value is -3.71. The van der Waals surface area contributed by atoms with Gasteiger partial charge in [0.1, 0.15) is 0 Å². The number of aromatic nitrogens is 1. The first kappa shape index (κ1) is 23.4. The van der Waals surface area contributed by atoms with Gasteiger partial charge in [0, 0.05) is 0 Å². The van der Waals surface area contributed by atoms with Crippen LogP contribution in [0.1, 0.15) is 35.9 Å². The zero-order valence-electron chi connectivity index (χ0n) is 19.6. The molecule has 4 aromatic rings. The predicted molar refractivity (Wildman–Crippen MR) is 141 cm³/mol. The quantitative estimate of drug-likeness (QED) is 0.131. The second-order valence-electron chi connectivity index (χ2n) is 7.77. The number of ether oxygens (including phenoxy) is 2. The molecule has 0 amide bonds. The van der Waals surface area contributed by atoms with Gasteiger partial charge >= 0.3 is 0 Å². The number of para-hydroxylation sites is 1. The molecular formula is C27H28N4O2S. The Labute approximate surface area is 204 Å². The number of nitrogens with one attached hydrogen (secondary N) is 1. The molecule has 0 radical (unpaired) electrons. The number of aryl methyl sites for hydroxylation is 1. The van der Waals surface area contributed by atoms with Crippen molar-refractivity contribution >= 4 is 39.3 Å². The summed E-state index contributed by atoms with van der Waals surface area (Å²) in [4.78, 5) is 9.52. The van der Waals surface area contributed by atoms with E-state index in [-0.39, 0.29) is 0 Å². The second-order valence-corrected chi connectivity index (χ2v) is 8.80. The summed E-state index contributed by atoms with van der Waals surface area (Å²) in [6, 6.07) is 21.8. The highest BCUT2D eigenvalue weighted by atomic mass is 32.1. The summed E-state index contributed by atoms with van der Waals surface area (Å²) in [5.74, 6) is 2.00. The minimum atomic E-state index is 0.591. The number of hydrazone groups is 1. The lowest BCUT2D eigenvalue weighted by atomic mass is 10.2. The van der Waals surface area contributed by atoms with Crippen LogP contribution in [0, 0.1) is 6.92 Å². The van der Waals surface area contributed by atoms with E-state index in [2.05, 4.69) is 30.4 Å². The van der Waals surface area contributed by atoms with Crippen LogP contribution < -0.4 is 14.9 Å². The van der Waals surface area contributed by atoms with Crippen molar-refractivity contribution in [2.45, 2.75) is 26.7 Å². The molecule has 7 heteroatoms. The van der Waals surface area contributed by atoms with E-state index in [1.54, 1.807) is 24.7 Å². The van der Waals surface area contributed by atoms with E-state index in [0.29, 0.717) is 18.2 Å². The first-order valence-corrected chi connectivity index (χ1v) is 12.1. The van der Waals surface area contributed by atoms with Gasteiger partial charge in [0.15, 0.2) is 22.3 Å². The highest BCUT2D eigenvalue weighted by Gasteiger charge is 2.11. The lowest BCUT2D eigenvalue weighted by Crippen LogP contribution is -2.18. The van der Waals surface area contributed by atoms with E-state index in [0.717, 1.165) is 45.1 Å². The maximum atomic E-state index is 5.82. The number of fused-ring (bicyclic) bond motifs is 1. The molecule has 6 nitrogen and oxygen atoms in total. The number of thiazole rings is 1. The van der Waals surface area contributed by atoms with Gasteiger partial charge in [-0.2, -0.15) is 5.10 Å². The maximum Gasteiger partial charge on any atom is 0.183 e. The molecule has 1 aromatic heterocycles. The molecule has 0 saturated heterocycles. The highest BCUT2D eigenvalue weighted by Crippen LogP contribution is 2.28. The van der Waals surface area contributed by atoms with E-state index in [4.69, 9.17) is 19.5 Å². The summed E-state index contributed by atoms with van der Waals surface area (Å²) in [6.45, 7) is 4.86. The van der Waals surface area contributed by atoms with Gasteiger partial charge in [0.2, 0.25) is 0 Å². The average molecular weight is 473 g/mol. The summed E-state index contributed by atoms with van der Waals surface area (Å²) < 4.78 is 12.4. The number of aliphatic imine (C=N–C) groups is 1. The molecule has 0 aliphatic rings. The maximum absolute atomic E-state index is 5.82. The molecule has 0 atom stereocenters. The normalized spacial score (nSPS) is 11.8. The SMILES string of the molecule is CCCCOc1ccc(/C=N/NC(=Nc2ccc(C)cc2)c2nc3ccccc3s2)cc1OC. The molecule has 174 valence electrons. The third-order valence-corrected chi connectivity index (χ3v) is 6.14. The van der Waals surface area contributed by atoms with Crippen LogP contribution in [0.3, 0.4) is 0 Å². The molecule has 1 heterocycles. The summed E-state index contributed by atoms with van der Waals surface area (Å²) in [6.07, 6.45) is 3.82. The Balaban J connectivity index is 1.57. The standard InChI is InChI=1S/C27H28N4O2S/c1-4-5-16-33-23-15-12-20(17-24(23)32-3)18-28-31-26(29-21-13-10-19(2)11-14-21)27-30-22-8-6-7-9-25(22)34-27/h6-15,17-18H,4-5,16H2,1-3H3,(H,29,31)/b28-18+. The predicted octanol–water partition coefficient (Wildman–Crippen LogP) is 6.49. The second kappa shape index (κ2) is 11.4. The third-order valence-electron chi connectivity index (χ3n) is 5.10. The summed E-state index contributed by atoms with van der Waals surface area (Å²) in [5.41, 5.74) is 6.93. The van der Waals surface area contributed by atoms with Crippen molar-refractivity contribution in [2.75, 3.05) is 13.7 Å². The smallest absolute Gasteiger partial charge is 0.183 e. The Kier molecular flexibility index (Phi) is 7.88. The molecule has 34 heavy (non-hydrogen) atoms. The van der Waals surface area contributed by atoms with Gasteiger partial charge in [-0.25, -0.2) is 9.98 Å². The van der Waals surface area contributed by atoms with Crippen LogP contribution in [-0.2, 0) is 0 Å². The molecule has 0 fully saturated rings. The van der Waals surface area contributed by atoms with Crippen molar-refractivity contribution in [1.82, 2.24) is 10.4 Å². The average Bonchev–Trinajstić information content (AvgIpc) is 3.30. The van der Waals surface area contributed by atoms with Gasteiger partial charge < -0.3 is 9.47 Å². The van der Waals surface area contributed by atoms with Crippen molar-refractivity contribution in [3.63, 3.8) is 0 Å². The molecule has 0 saturated carbocycles. The minimum absolute atomic E-state index is 0.591. The fraction of sp³-hybridized carbons (Fsp3) is 0.222. The summed E-state index contributed by atoms with van der Waals surface area (Å²) in [5, 5.41) is 5.22. The number of benzene rings is 3. The molecule has 4 rings (SSSR count). The number of amidine groups is 1. The van der Waals surface area contributed by atoms with Gasteiger partial charge in [-0.1, -0.05) is 43.2 Å². The topological polar surface area (TPSA) is 68.1 Å². The third kappa shape index (κ3) is 5.99. The summed E-state index contributed by atoms with van der Waals surface area (Å²) >= 11 is 1.58. The fourth-order valence-electron chi connectivity index (χ4n) is 3.22. The van der Waals surface area contributed by atoms with Crippen molar-refractivity contribution in [1.29, 1.82) is 0 Å². The molecular weight excluding hydrogens is 444 g/mol. The zero-order valence-corrected chi connectivity index (χ0v) is 20.4. The van der Waals surface area contributed by atoms with Gasteiger partial charge in [-0.3, -0.25) is 5.43 Å².